The molecule has 1 aliphatic carbocycles. The Morgan fingerprint density at radius 1 is 0.850 bits per heavy atom. The maximum absolute atomic E-state index is 2.32. The molecular formula is C19H19N. The third kappa shape index (κ3) is 2.67. The third-order valence-corrected chi connectivity index (χ3v) is 3.58. The molecule has 0 saturated heterocycles. The molecular weight excluding hydrogens is 242 g/mol. The molecule has 0 N–H and O–H groups in total. The van der Waals surface area contributed by atoms with Gasteiger partial charge >= 0.3 is 0 Å². The van der Waals surface area contributed by atoms with Gasteiger partial charge in [0, 0.05) is 17.1 Å². The molecule has 2 aromatic carbocycles. The molecule has 0 unspecified atom stereocenters. The highest BCUT2D eigenvalue weighted by molar-refractivity contribution is 5.70. The van der Waals surface area contributed by atoms with E-state index >= 15 is 0 Å². The molecule has 0 amide bonds. The number of nitrogens with zero attached hydrogens (tertiary/aromatic N) is 1. The van der Waals surface area contributed by atoms with Crippen LogP contribution in [0.5, 0.6) is 0 Å². The minimum Gasteiger partial charge on any atom is -0.311 e. The van der Waals surface area contributed by atoms with Crippen molar-refractivity contribution >= 4 is 11.4 Å². The first-order valence-corrected chi connectivity index (χ1v) is 7.13. The molecule has 0 spiro atoms. The number of hydrogen-bond acceptors (Lipinski definition) is 1. The van der Waals surface area contributed by atoms with Gasteiger partial charge in [0.05, 0.1) is 0 Å². The summed E-state index contributed by atoms with van der Waals surface area (Å²) in [5, 5.41) is 0. The average Bonchev–Trinajstić information content (AvgIpc) is 2.52. The van der Waals surface area contributed by atoms with Crippen LogP contribution in [0.1, 0.15) is 13.3 Å². The van der Waals surface area contributed by atoms with Gasteiger partial charge in [0.25, 0.3) is 0 Å². The number of para-hydroxylation sites is 2. The molecule has 0 aromatic heterocycles. The number of hydrogen-bond donors (Lipinski definition) is 0. The number of anilines is 2. The fourth-order valence-corrected chi connectivity index (χ4v) is 2.48. The standard InChI is InChI=1S/C19H19N/c1-16-12-14-19(15-13-16)20(17-8-4-2-5-9-17)18-10-6-3-7-11-18/h2-12,14-16H,13H2,1H3/t16-/m0/s1. The van der Waals surface area contributed by atoms with Crippen LogP contribution >= 0.6 is 0 Å². The predicted octanol–water partition coefficient (Wildman–Crippen LogP) is 5.30. The monoisotopic (exact) mass is 261 g/mol. The Bertz CT molecular complexity index is 571. The van der Waals surface area contributed by atoms with Crippen LogP contribution < -0.4 is 4.90 Å². The second-order valence-electron chi connectivity index (χ2n) is 5.21. The molecule has 1 heteroatoms. The molecule has 1 nitrogen and oxygen atoms in total. The molecule has 1 aliphatic rings. The molecule has 1 atom stereocenters. The lowest BCUT2D eigenvalue weighted by Crippen LogP contribution is -2.16. The SMILES string of the molecule is C[C@H]1C=CC(N(c2ccccc2)c2ccccc2)=CC1. The predicted molar refractivity (Wildman–Crippen MR) is 86.0 cm³/mol. The highest BCUT2D eigenvalue weighted by atomic mass is 15.1. The lowest BCUT2D eigenvalue weighted by atomic mass is 10.0. The molecule has 0 fully saturated rings. The summed E-state index contributed by atoms with van der Waals surface area (Å²) in [6.45, 7) is 2.25. The Morgan fingerprint density at radius 2 is 1.40 bits per heavy atom. The van der Waals surface area contributed by atoms with E-state index < -0.39 is 0 Å². The van der Waals surface area contributed by atoms with Crippen molar-refractivity contribution in [1.29, 1.82) is 0 Å². The molecule has 100 valence electrons. The van der Waals surface area contributed by atoms with Gasteiger partial charge in [-0.2, -0.15) is 0 Å². The van der Waals surface area contributed by atoms with Crippen molar-refractivity contribution in [3.05, 3.63) is 84.6 Å². The van der Waals surface area contributed by atoms with E-state index in [2.05, 4.69) is 90.7 Å². The first-order chi connectivity index (χ1) is 9.84. The Kier molecular flexibility index (Phi) is 3.69. The van der Waals surface area contributed by atoms with E-state index in [1.165, 1.54) is 17.1 Å². The minimum absolute atomic E-state index is 0.632. The Morgan fingerprint density at radius 3 is 1.85 bits per heavy atom. The van der Waals surface area contributed by atoms with Crippen molar-refractivity contribution < 1.29 is 0 Å². The average molecular weight is 261 g/mol. The topological polar surface area (TPSA) is 3.24 Å². The first kappa shape index (κ1) is 12.7. The molecule has 3 rings (SSSR count). The molecule has 0 saturated carbocycles. The summed E-state index contributed by atoms with van der Waals surface area (Å²) in [5.74, 6) is 0.632. The largest absolute Gasteiger partial charge is 0.311 e. The van der Waals surface area contributed by atoms with Crippen LogP contribution in [0, 0.1) is 5.92 Å². The van der Waals surface area contributed by atoms with Gasteiger partial charge in [0.15, 0.2) is 0 Å². The van der Waals surface area contributed by atoms with E-state index in [4.69, 9.17) is 0 Å². The van der Waals surface area contributed by atoms with E-state index in [9.17, 15) is 0 Å². The zero-order valence-corrected chi connectivity index (χ0v) is 11.7. The van der Waals surface area contributed by atoms with Gasteiger partial charge in [-0.15, -0.1) is 0 Å². The molecule has 0 radical (unpaired) electrons. The number of rotatable bonds is 3. The quantitative estimate of drug-likeness (QED) is 0.724. The minimum atomic E-state index is 0.632. The summed E-state index contributed by atoms with van der Waals surface area (Å²) in [7, 11) is 0. The van der Waals surface area contributed by atoms with Crippen molar-refractivity contribution in [2.45, 2.75) is 13.3 Å². The summed E-state index contributed by atoms with van der Waals surface area (Å²) < 4.78 is 0. The summed E-state index contributed by atoms with van der Waals surface area (Å²) >= 11 is 0. The van der Waals surface area contributed by atoms with Crippen LogP contribution in [0.4, 0.5) is 11.4 Å². The van der Waals surface area contributed by atoms with Gasteiger partial charge in [0.1, 0.15) is 0 Å². The normalized spacial score (nSPS) is 17.6. The van der Waals surface area contributed by atoms with E-state index in [-0.39, 0.29) is 0 Å². The summed E-state index contributed by atoms with van der Waals surface area (Å²) in [5.41, 5.74) is 3.65. The van der Waals surface area contributed by atoms with Crippen LogP contribution in [0.25, 0.3) is 0 Å². The van der Waals surface area contributed by atoms with E-state index in [0.717, 1.165) is 6.42 Å². The Labute approximate surface area is 120 Å². The van der Waals surface area contributed by atoms with Crippen molar-refractivity contribution in [3.63, 3.8) is 0 Å². The highest BCUT2D eigenvalue weighted by Gasteiger charge is 2.14. The molecule has 20 heavy (non-hydrogen) atoms. The van der Waals surface area contributed by atoms with Gasteiger partial charge in [0.2, 0.25) is 0 Å². The second-order valence-corrected chi connectivity index (χ2v) is 5.21. The van der Waals surface area contributed by atoms with Crippen molar-refractivity contribution in [2.24, 2.45) is 5.92 Å². The smallest absolute Gasteiger partial charge is 0.0461 e. The van der Waals surface area contributed by atoms with Crippen molar-refractivity contribution in [2.75, 3.05) is 4.90 Å². The van der Waals surface area contributed by atoms with Gasteiger partial charge in [-0.1, -0.05) is 55.5 Å². The van der Waals surface area contributed by atoms with Crippen LogP contribution in [-0.4, -0.2) is 0 Å². The first-order valence-electron chi connectivity index (χ1n) is 7.13. The fraction of sp³-hybridized carbons (Fsp3) is 0.158. The lowest BCUT2D eigenvalue weighted by Gasteiger charge is -2.28. The lowest BCUT2D eigenvalue weighted by molar-refractivity contribution is 0.728. The number of benzene rings is 2. The summed E-state index contributed by atoms with van der Waals surface area (Å²) in [4.78, 5) is 2.31. The van der Waals surface area contributed by atoms with Gasteiger partial charge in [-0.3, -0.25) is 0 Å². The molecule has 2 aromatic rings. The molecule has 0 aliphatic heterocycles. The van der Waals surface area contributed by atoms with Crippen LogP contribution in [-0.2, 0) is 0 Å². The van der Waals surface area contributed by atoms with E-state index in [1.807, 2.05) is 0 Å². The maximum atomic E-state index is 2.32. The fourth-order valence-electron chi connectivity index (χ4n) is 2.48. The van der Waals surface area contributed by atoms with Crippen molar-refractivity contribution in [1.82, 2.24) is 0 Å². The van der Waals surface area contributed by atoms with Gasteiger partial charge < -0.3 is 4.90 Å². The zero-order valence-electron chi connectivity index (χ0n) is 11.7. The summed E-state index contributed by atoms with van der Waals surface area (Å²) in [6, 6.07) is 21.1. The third-order valence-electron chi connectivity index (χ3n) is 3.58. The van der Waals surface area contributed by atoms with Crippen LogP contribution in [0.3, 0.4) is 0 Å². The van der Waals surface area contributed by atoms with Gasteiger partial charge in [-0.25, -0.2) is 0 Å². The zero-order chi connectivity index (χ0) is 13.8. The van der Waals surface area contributed by atoms with Crippen LogP contribution in [0.2, 0.25) is 0 Å². The Balaban J connectivity index is 2.03. The molecule has 0 heterocycles. The van der Waals surface area contributed by atoms with Crippen LogP contribution in [0.15, 0.2) is 84.6 Å². The molecule has 0 bridgehead atoms. The van der Waals surface area contributed by atoms with Crippen molar-refractivity contribution in [3.8, 4) is 0 Å². The van der Waals surface area contributed by atoms with E-state index in [0.29, 0.717) is 5.92 Å². The Hall–Kier alpha value is -2.28. The second kappa shape index (κ2) is 5.79. The highest BCUT2D eigenvalue weighted by Crippen LogP contribution is 2.32. The number of allylic oxidation sites excluding steroid dienone is 3. The van der Waals surface area contributed by atoms with E-state index in [1.54, 1.807) is 0 Å². The maximum Gasteiger partial charge on any atom is 0.0461 e. The summed E-state index contributed by atoms with van der Waals surface area (Å²) in [6.07, 6.45) is 7.94. The van der Waals surface area contributed by atoms with Gasteiger partial charge in [-0.05, 0) is 42.7 Å².